The Morgan fingerprint density at radius 2 is 1.22 bits per heavy atom. The van der Waals surface area contributed by atoms with Gasteiger partial charge in [0, 0.05) is 46.1 Å². The fourth-order valence-corrected chi connectivity index (χ4v) is 10.0. The molecule has 5 heteroatoms. The van der Waals surface area contributed by atoms with Gasteiger partial charge in [-0.3, -0.25) is 10.6 Å². The highest BCUT2D eigenvalue weighted by atomic mass is 15.3. The summed E-state index contributed by atoms with van der Waals surface area (Å²) in [6.45, 7) is 2.39. The number of nitrogens with one attached hydrogen (secondary N) is 2. The van der Waals surface area contributed by atoms with Crippen molar-refractivity contribution in [3.05, 3.63) is 222 Å². The average molecular weight is 752 g/mol. The molecule has 11 rings (SSSR count). The summed E-state index contributed by atoms with van der Waals surface area (Å²) < 4.78 is 2.44. The molecule has 0 bridgehead atoms. The molecule has 5 nitrogen and oxygen atoms in total. The molecule has 0 saturated carbocycles. The number of aromatic nitrogens is 1. The van der Waals surface area contributed by atoms with Gasteiger partial charge in [0.2, 0.25) is 0 Å². The molecule has 7 aromatic carbocycles. The van der Waals surface area contributed by atoms with Crippen molar-refractivity contribution in [2.75, 3.05) is 4.90 Å². The maximum atomic E-state index is 7.59. The first-order chi connectivity index (χ1) is 28.5. The van der Waals surface area contributed by atoms with Crippen LogP contribution in [-0.4, -0.2) is 10.6 Å². The number of anilines is 2. The molecular formula is C53H45N5. The van der Waals surface area contributed by atoms with E-state index in [0.717, 1.165) is 16.8 Å². The van der Waals surface area contributed by atoms with Crippen molar-refractivity contribution in [2.45, 2.75) is 37.3 Å². The van der Waals surface area contributed by atoms with Crippen LogP contribution in [0, 0.1) is 5.92 Å². The minimum absolute atomic E-state index is 0.0539. The molecule has 0 amide bonds. The van der Waals surface area contributed by atoms with Crippen LogP contribution in [0.4, 0.5) is 11.4 Å². The largest absolute Gasteiger partial charge is 0.333 e. The van der Waals surface area contributed by atoms with E-state index in [1.165, 1.54) is 61.0 Å². The van der Waals surface area contributed by atoms with Crippen molar-refractivity contribution in [1.82, 2.24) is 15.2 Å². The van der Waals surface area contributed by atoms with Crippen LogP contribution in [0.3, 0.4) is 0 Å². The Kier molecular flexibility index (Phi) is 8.30. The Morgan fingerprint density at radius 1 is 0.586 bits per heavy atom. The van der Waals surface area contributed by atoms with Crippen molar-refractivity contribution < 1.29 is 0 Å². The summed E-state index contributed by atoms with van der Waals surface area (Å²) in [6, 6.07) is 65.8. The Bertz CT molecular complexity index is 2810. The van der Waals surface area contributed by atoms with E-state index in [9.17, 15) is 0 Å². The van der Waals surface area contributed by atoms with E-state index in [0.29, 0.717) is 6.42 Å². The quantitative estimate of drug-likeness (QED) is 0.158. The van der Waals surface area contributed by atoms with Crippen molar-refractivity contribution in [3.8, 4) is 5.69 Å². The molecule has 1 aliphatic carbocycles. The van der Waals surface area contributed by atoms with Gasteiger partial charge in [-0.25, -0.2) is 0 Å². The van der Waals surface area contributed by atoms with Gasteiger partial charge < -0.3 is 15.2 Å². The molecule has 0 radical (unpaired) electrons. The van der Waals surface area contributed by atoms with Gasteiger partial charge in [0.05, 0.1) is 34.6 Å². The molecule has 1 fully saturated rings. The summed E-state index contributed by atoms with van der Waals surface area (Å²) in [5.41, 5.74) is 21.4. The van der Waals surface area contributed by atoms with Crippen LogP contribution in [-0.2, 0) is 5.66 Å². The maximum Gasteiger partial charge on any atom is 0.0958 e. The standard InChI is InChI=1S/C53H45N5/c1-35-42(36-17-6-2-7-18-36)29-30-44-46-32-45-43-27-14-15-28-48(43)57(49(45)33-50(46)58(51(35)44)40-24-12-5-13-25-40)41-26-16-23-39(31-41)53(54)34-47(37-19-8-3-9-20-37)55-52(56-53)38-21-10-4-11-22-38/h2-33,35,47,51-52,55-56H,34,54H2,1H3. The number of hydrogen-bond donors (Lipinski definition) is 3. The van der Waals surface area contributed by atoms with E-state index in [-0.39, 0.29) is 24.2 Å². The summed E-state index contributed by atoms with van der Waals surface area (Å²) in [5.74, 6) is 0.266. The maximum absolute atomic E-state index is 7.59. The molecule has 4 N–H and O–H groups in total. The van der Waals surface area contributed by atoms with E-state index < -0.39 is 5.66 Å². The number of benzene rings is 7. The molecule has 3 aliphatic rings. The van der Waals surface area contributed by atoms with Crippen molar-refractivity contribution in [1.29, 1.82) is 0 Å². The van der Waals surface area contributed by atoms with Crippen molar-refractivity contribution in [2.24, 2.45) is 11.7 Å². The van der Waals surface area contributed by atoms with Crippen molar-refractivity contribution in [3.63, 3.8) is 0 Å². The predicted octanol–water partition coefficient (Wildman–Crippen LogP) is 11.6. The lowest BCUT2D eigenvalue weighted by atomic mass is 9.80. The zero-order valence-electron chi connectivity index (χ0n) is 32.5. The first kappa shape index (κ1) is 34.7. The van der Waals surface area contributed by atoms with Crippen LogP contribution in [0.5, 0.6) is 0 Å². The highest BCUT2D eigenvalue weighted by Gasteiger charge is 2.42. The monoisotopic (exact) mass is 751 g/mol. The fraction of sp³-hybridized carbons (Fsp3) is 0.132. The third-order valence-electron chi connectivity index (χ3n) is 12.8. The van der Waals surface area contributed by atoms with Gasteiger partial charge in [-0.1, -0.05) is 159 Å². The lowest BCUT2D eigenvalue weighted by Crippen LogP contribution is -2.60. The zero-order valence-corrected chi connectivity index (χ0v) is 32.5. The summed E-state index contributed by atoms with van der Waals surface area (Å²) in [6.07, 6.45) is 5.28. The molecule has 5 unspecified atom stereocenters. The molecule has 5 atom stereocenters. The van der Waals surface area contributed by atoms with Gasteiger partial charge in [0.25, 0.3) is 0 Å². The Labute approximate surface area is 339 Å². The van der Waals surface area contributed by atoms with E-state index in [1.54, 1.807) is 0 Å². The first-order valence-corrected chi connectivity index (χ1v) is 20.5. The second kappa shape index (κ2) is 13.9. The van der Waals surface area contributed by atoms with Crippen LogP contribution in [0.15, 0.2) is 194 Å². The Hall–Kier alpha value is -6.50. The lowest BCUT2D eigenvalue weighted by molar-refractivity contribution is 0.157. The number of para-hydroxylation sites is 2. The van der Waals surface area contributed by atoms with Gasteiger partial charge in [-0.15, -0.1) is 0 Å². The summed E-state index contributed by atoms with van der Waals surface area (Å²) in [4.78, 5) is 2.58. The molecule has 0 spiro atoms. The molecule has 8 aromatic rings. The zero-order chi connectivity index (χ0) is 38.8. The fourth-order valence-electron chi connectivity index (χ4n) is 10.0. The second-order valence-corrected chi connectivity index (χ2v) is 16.1. The Balaban J connectivity index is 1.07. The summed E-state index contributed by atoms with van der Waals surface area (Å²) >= 11 is 0. The van der Waals surface area contributed by atoms with Crippen molar-refractivity contribution >= 4 is 44.3 Å². The molecule has 58 heavy (non-hydrogen) atoms. The van der Waals surface area contributed by atoms with E-state index >= 15 is 0 Å². The highest BCUT2D eigenvalue weighted by molar-refractivity contribution is 6.13. The number of hydrogen-bond acceptors (Lipinski definition) is 4. The number of rotatable bonds is 6. The SMILES string of the molecule is CC1C(c2ccccc2)=CC=C2c3cc4c5ccccc5n(-c5cccc(C6(N)CC(c7ccccc7)NC(c7ccccc7)N6)c5)c4cc3N(c3ccccc3)C21. The third-order valence-corrected chi connectivity index (χ3v) is 12.8. The predicted molar refractivity (Wildman–Crippen MR) is 240 cm³/mol. The summed E-state index contributed by atoms with van der Waals surface area (Å²) in [7, 11) is 0. The van der Waals surface area contributed by atoms with E-state index in [2.05, 4.69) is 221 Å². The smallest absolute Gasteiger partial charge is 0.0958 e. The van der Waals surface area contributed by atoms with E-state index in [1.807, 2.05) is 0 Å². The van der Waals surface area contributed by atoms with Gasteiger partial charge in [0.15, 0.2) is 0 Å². The van der Waals surface area contributed by atoms with Gasteiger partial charge in [0.1, 0.15) is 0 Å². The van der Waals surface area contributed by atoms with Crippen LogP contribution in [0.25, 0.3) is 38.6 Å². The number of fused-ring (bicyclic) bond motifs is 6. The lowest BCUT2D eigenvalue weighted by Gasteiger charge is -2.45. The van der Waals surface area contributed by atoms with Crippen LogP contribution in [0.1, 0.15) is 53.4 Å². The van der Waals surface area contributed by atoms with Crippen LogP contribution >= 0.6 is 0 Å². The first-order valence-electron chi connectivity index (χ1n) is 20.5. The van der Waals surface area contributed by atoms with E-state index in [4.69, 9.17) is 5.73 Å². The molecule has 3 heterocycles. The molecule has 1 saturated heterocycles. The number of allylic oxidation sites excluding steroid dienone is 2. The minimum atomic E-state index is -0.811. The van der Waals surface area contributed by atoms with Crippen LogP contribution in [0.2, 0.25) is 0 Å². The molecule has 2 aliphatic heterocycles. The third kappa shape index (κ3) is 5.65. The van der Waals surface area contributed by atoms with Crippen LogP contribution < -0.4 is 21.3 Å². The number of nitrogens with zero attached hydrogens (tertiary/aromatic N) is 2. The topological polar surface area (TPSA) is 58.2 Å². The molecular weight excluding hydrogens is 707 g/mol. The highest BCUT2D eigenvalue weighted by Crippen LogP contribution is 2.53. The normalized spacial score (nSPS) is 22.7. The van der Waals surface area contributed by atoms with Gasteiger partial charge in [-0.2, -0.15) is 0 Å². The minimum Gasteiger partial charge on any atom is -0.333 e. The Morgan fingerprint density at radius 3 is 1.98 bits per heavy atom. The average Bonchev–Trinajstić information content (AvgIpc) is 3.79. The van der Waals surface area contributed by atoms with Gasteiger partial charge in [-0.05, 0) is 75.9 Å². The molecule has 282 valence electrons. The summed E-state index contributed by atoms with van der Waals surface area (Å²) in [5, 5.41) is 10.2. The number of nitrogens with two attached hydrogens (primary N) is 1. The molecule has 1 aromatic heterocycles. The second-order valence-electron chi connectivity index (χ2n) is 16.1. The van der Waals surface area contributed by atoms with Gasteiger partial charge >= 0.3 is 0 Å².